The summed E-state index contributed by atoms with van der Waals surface area (Å²) in [6.45, 7) is 4.00. The Hall–Kier alpha value is -1.89. The zero-order valence-electron chi connectivity index (χ0n) is 12.8. The SMILES string of the molecule is CCc1nnc(CN2CC[C@H](c3cccc(C(F)(F)F)c3)C2)o1. The number of alkyl halides is 3. The molecular weight excluding hydrogens is 307 g/mol. The molecule has 0 amide bonds. The van der Waals surface area contributed by atoms with Crippen molar-refractivity contribution < 1.29 is 17.6 Å². The molecule has 3 rings (SSSR count). The standard InChI is InChI=1S/C16H18F3N3O/c1-2-14-20-21-15(23-14)10-22-7-6-12(9-22)11-4-3-5-13(8-11)16(17,18)19/h3-5,8,12H,2,6-7,9-10H2,1H3/t12-/m0/s1. The Morgan fingerprint density at radius 3 is 2.74 bits per heavy atom. The zero-order chi connectivity index (χ0) is 16.4. The summed E-state index contributed by atoms with van der Waals surface area (Å²) in [5.41, 5.74) is 0.153. The molecule has 0 aliphatic carbocycles. The number of rotatable bonds is 4. The fourth-order valence-electron chi connectivity index (χ4n) is 2.90. The predicted molar refractivity (Wildman–Crippen MR) is 77.8 cm³/mol. The van der Waals surface area contributed by atoms with Crippen LogP contribution < -0.4 is 0 Å². The molecule has 0 N–H and O–H groups in total. The molecule has 1 aromatic heterocycles. The Balaban J connectivity index is 1.65. The Morgan fingerprint density at radius 2 is 2.04 bits per heavy atom. The van der Waals surface area contributed by atoms with Crippen LogP contribution in [0.15, 0.2) is 28.7 Å². The summed E-state index contributed by atoms with van der Waals surface area (Å²) in [4.78, 5) is 2.14. The molecule has 4 nitrogen and oxygen atoms in total. The van der Waals surface area contributed by atoms with Crippen LogP contribution in [-0.4, -0.2) is 28.2 Å². The Labute approximate surface area is 132 Å². The number of aryl methyl sites for hydroxylation is 1. The van der Waals surface area contributed by atoms with Crippen LogP contribution in [0.4, 0.5) is 13.2 Å². The second-order valence-corrected chi connectivity index (χ2v) is 5.79. The summed E-state index contributed by atoms with van der Waals surface area (Å²) in [5.74, 6) is 1.27. The van der Waals surface area contributed by atoms with Gasteiger partial charge < -0.3 is 4.42 Å². The van der Waals surface area contributed by atoms with Gasteiger partial charge in [-0.25, -0.2) is 0 Å². The van der Waals surface area contributed by atoms with E-state index in [-0.39, 0.29) is 5.92 Å². The van der Waals surface area contributed by atoms with Crippen molar-refractivity contribution in [1.82, 2.24) is 15.1 Å². The van der Waals surface area contributed by atoms with Gasteiger partial charge in [-0.3, -0.25) is 4.90 Å². The third-order valence-electron chi connectivity index (χ3n) is 4.13. The minimum Gasteiger partial charge on any atom is -0.424 e. The van der Waals surface area contributed by atoms with Crippen LogP contribution in [0.1, 0.15) is 42.2 Å². The zero-order valence-corrected chi connectivity index (χ0v) is 12.8. The molecule has 7 heteroatoms. The number of hydrogen-bond donors (Lipinski definition) is 0. The molecule has 124 valence electrons. The first-order chi connectivity index (χ1) is 11.0. The molecule has 1 fully saturated rings. The quantitative estimate of drug-likeness (QED) is 0.861. The molecule has 2 heterocycles. The highest BCUT2D eigenvalue weighted by Crippen LogP contribution is 2.34. The molecule has 1 aliphatic heterocycles. The predicted octanol–water partition coefficient (Wildman–Crippen LogP) is 3.64. The van der Waals surface area contributed by atoms with Crippen LogP contribution in [0.5, 0.6) is 0 Å². The number of halogens is 3. The monoisotopic (exact) mass is 325 g/mol. The summed E-state index contributed by atoms with van der Waals surface area (Å²) in [6, 6.07) is 5.62. The molecule has 0 radical (unpaired) electrons. The van der Waals surface area contributed by atoms with Crippen molar-refractivity contribution in [1.29, 1.82) is 0 Å². The van der Waals surface area contributed by atoms with Gasteiger partial charge in [0.2, 0.25) is 11.8 Å². The first-order valence-corrected chi connectivity index (χ1v) is 7.66. The maximum atomic E-state index is 12.8. The fraction of sp³-hybridized carbons (Fsp3) is 0.500. The van der Waals surface area contributed by atoms with Crippen LogP contribution >= 0.6 is 0 Å². The van der Waals surface area contributed by atoms with E-state index in [1.165, 1.54) is 12.1 Å². The van der Waals surface area contributed by atoms with E-state index in [1.807, 2.05) is 6.92 Å². The van der Waals surface area contributed by atoms with Crippen LogP contribution in [0.2, 0.25) is 0 Å². The van der Waals surface area contributed by atoms with Crippen molar-refractivity contribution in [3.05, 3.63) is 47.2 Å². The number of hydrogen-bond acceptors (Lipinski definition) is 4. The van der Waals surface area contributed by atoms with E-state index in [0.717, 1.165) is 24.6 Å². The van der Waals surface area contributed by atoms with Gasteiger partial charge in [0.25, 0.3) is 0 Å². The average molecular weight is 325 g/mol. The third-order valence-corrected chi connectivity index (χ3v) is 4.13. The Kier molecular flexibility index (Phi) is 4.39. The van der Waals surface area contributed by atoms with E-state index in [0.29, 0.717) is 31.3 Å². The van der Waals surface area contributed by atoms with Crippen LogP contribution in [0.25, 0.3) is 0 Å². The van der Waals surface area contributed by atoms with Crippen molar-refractivity contribution in [2.75, 3.05) is 13.1 Å². The van der Waals surface area contributed by atoms with Gasteiger partial charge in [0.1, 0.15) is 0 Å². The molecule has 1 saturated heterocycles. The summed E-state index contributed by atoms with van der Waals surface area (Å²) in [5, 5.41) is 7.91. The van der Waals surface area contributed by atoms with Gasteiger partial charge >= 0.3 is 6.18 Å². The Morgan fingerprint density at radius 1 is 1.26 bits per heavy atom. The molecule has 0 bridgehead atoms. The highest BCUT2D eigenvalue weighted by Gasteiger charge is 2.32. The largest absolute Gasteiger partial charge is 0.424 e. The van der Waals surface area contributed by atoms with Gasteiger partial charge in [0.15, 0.2) is 0 Å². The van der Waals surface area contributed by atoms with E-state index in [4.69, 9.17) is 4.42 Å². The van der Waals surface area contributed by atoms with Crippen molar-refractivity contribution >= 4 is 0 Å². The molecular formula is C16H18F3N3O. The van der Waals surface area contributed by atoms with E-state index in [1.54, 1.807) is 6.07 Å². The minimum absolute atomic E-state index is 0.103. The molecule has 1 aromatic carbocycles. The maximum absolute atomic E-state index is 12.8. The van der Waals surface area contributed by atoms with Crippen LogP contribution in [-0.2, 0) is 19.1 Å². The highest BCUT2D eigenvalue weighted by atomic mass is 19.4. The topological polar surface area (TPSA) is 42.2 Å². The number of aromatic nitrogens is 2. The summed E-state index contributed by atoms with van der Waals surface area (Å²) in [7, 11) is 0. The van der Waals surface area contributed by atoms with Crippen LogP contribution in [0.3, 0.4) is 0 Å². The molecule has 0 saturated carbocycles. The molecule has 1 atom stereocenters. The van der Waals surface area contributed by atoms with Crippen LogP contribution in [0, 0.1) is 0 Å². The van der Waals surface area contributed by atoms with Crippen molar-refractivity contribution in [2.45, 2.75) is 38.4 Å². The lowest BCUT2D eigenvalue weighted by atomic mass is 9.96. The molecule has 1 aliphatic rings. The minimum atomic E-state index is -4.30. The average Bonchev–Trinajstić information content (AvgIpc) is 3.16. The van der Waals surface area contributed by atoms with Crippen molar-refractivity contribution in [3.8, 4) is 0 Å². The lowest BCUT2D eigenvalue weighted by Gasteiger charge is -2.15. The first kappa shape index (κ1) is 16.0. The fourth-order valence-corrected chi connectivity index (χ4v) is 2.90. The summed E-state index contributed by atoms with van der Waals surface area (Å²) < 4.78 is 43.9. The maximum Gasteiger partial charge on any atom is 0.416 e. The van der Waals surface area contributed by atoms with Gasteiger partial charge in [-0.1, -0.05) is 25.1 Å². The summed E-state index contributed by atoms with van der Waals surface area (Å²) in [6.07, 6.45) is -2.77. The van der Waals surface area contributed by atoms with Gasteiger partial charge in [-0.2, -0.15) is 13.2 Å². The smallest absolute Gasteiger partial charge is 0.416 e. The lowest BCUT2D eigenvalue weighted by Crippen LogP contribution is -2.20. The molecule has 23 heavy (non-hydrogen) atoms. The van der Waals surface area contributed by atoms with E-state index in [9.17, 15) is 13.2 Å². The molecule has 0 unspecified atom stereocenters. The van der Waals surface area contributed by atoms with E-state index < -0.39 is 11.7 Å². The third kappa shape index (κ3) is 3.72. The van der Waals surface area contributed by atoms with Gasteiger partial charge in [0, 0.05) is 13.0 Å². The Bertz CT molecular complexity index is 669. The van der Waals surface area contributed by atoms with Crippen molar-refractivity contribution in [3.63, 3.8) is 0 Å². The highest BCUT2D eigenvalue weighted by molar-refractivity contribution is 5.29. The number of nitrogens with zero attached hydrogens (tertiary/aromatic N) is 3. The molecule has 2 aromatic rings. The van der Waals surface area contributed by atoms with Gasteiger partial charge in [-0.15, -0.1) is 10.2 Å². The van der Waals surface area contributed by atoms with Crippen molar-refractivity contribution in [2.24, 2.45) is 0 Å². The van der Waals surface area contributed by atoms with Gasteiger partial charge in [-0.05, 0) is 30.5 Å². The first-order valence-electron chi connectivity index (χ1n) is 7.66. The van der Waals surface area contributed by atoms with Gasteiger partial charge in [0.05, 0.1) is 12.1 Å². The number of benzene rings is 1. The second-order valence-electron chi connectivity index (χ2n) is 5.79. The lowest BCUT2D eigenvalue weighted by molar-refractivity contribution is -0.137. The normalized spacial score (nSPS) is 19.4. The number of likely N-dealkylation sites (tertiary alicyclic amines) is 1. The van der Waals surface area contributed by atoms with E-state index >= 15 is 0 Å². The summed E-state index contributed by atoms with van der Waals surface area (Å²) >= 11 is 0. The molecule has 0 spiro atoms. The van der Waals surface area contributed by atoms with E-state index in [2.05, 4.69) is 15.1 Å². The second kappa shape index (κ2) is 6.31.